The van der Waals surface area contributed by atoms with Gasteiger partial charge in [0.05, 0.1) is 16.8 Å². The minimum absolute atomic E-state index is 0.0553. The standard InChI is InChI=1S/C26H26N4O2S2/c1-3-29-13-12-20-21(15-29)34-24-23(20)25(32)30(19-10-5-4-6-11-19)26(28-24)33-16-22(31)27-18-9-7-8-17(2)14-18/h4-11,14H,3,12-13,15-16H2,1-2H3,(H,27,31). The number of anilines is 1. The number of benzene rings is 2. The Labute approximate surface area is 206 Å². The molecule has 1 aliphatic heterocycles. The van der Waals surface area contributed by atoms with E-state index in [1.165, 1.54) is 16.6 Å². The van der Waals surface area contributed by atoms with Crippen molar-refractivity contribution >= 4 is 44.9 Å². The molecule has 0 fully saturated rings. The van der Waals surface area contributed by atoms with E-state index in [0.29, 0.717) is 5.16 Å². The van der Waals surface area contributed by atoms with E-state index < -0.39 is 0 Å². The maximum atomic E-state index is 13.8. The van der Waals surface area contributed by atoms with Gasteiger partial charge in [0.1, 0.15) is 4.83 Å². The largest absolute Gasteiger partial charge is 0.325 e. The Morgan fingerprint density at radius 2 is 2.00 bits per heavy atom. The Hall–Kier alpha value is -2.94. The molecule has 0 saturated carbocycles. The predicted octanol–water partition coefficient (Wildman–Crippen LogP) is 4.86. The second-order valence-corrected chi connectivity index (χ2v) is 10.4. The number of carbonyl (C=O) groups excluding carboxylic acids is 1. The Kier molecular flexibility index (Phi) is 6.54. The Morgan fingerprint density at radius 1 is 1.18 bits per heavy atom. The van der Waals surface area contributed by atoms with Crippen LogP contribution in [0.2, 0.25) is 0 Å². The lowest BCUT2D eigenvalue weighted by molar-refractivity contribution is -0.113. The number of fused-ring (bicyclic) bond motifs is 3. The first-order valence-electron chi connectivity index (χ1n) is 11.4. The number of thiophene rings is 1. The molecule has 0 bridgehead atoms. The van der Waals surface area contributed by atoms with E-state index in [1.54, 1.807) is 15.9 Å². The monoisotopic (exact) mass is 490 g/mol. The van der Waals surface area contributed by atoms with Crippen LogP contribution in [0.25, 0.3) is 15.9 Å². The number of thioether (sulfide) groups is 1. The number of carbonyl (C=O) groups is 1. The van der Waals surface area contributed by atoms with Gasteiger partial charge in [0.2, 0.25) is 5.91 Å². The first kappa shape index (κ1) is 22.8. The van der Waals surface area contributed by atoms with Crippen LogP contribution < -0.4 is 10.9 Å². The van der Waals surface area contributed by atoms with Crippen molar-refractivity contribution in [1.29, 1.82) is 0 Å². The van der Waals surface area contributed by atoms with Crippen molar-refractivity contribution in [3.8, 4) is 5.69 Å². The van der Waals surface area contributed by atoms with Crippen LogP contribution in [-0.2, 0) is 17.8 Å². The minimum atomic E-state index is -0.131. The van der Waals surface area contributed by atoms with Crippen molar-refractivity contribution in [2.75, 3.05) is 24.2 Å². The number of nitrogens with one attached hydrogen (secondary N) is 1. The van der Waals surface area contributed by atoms with Crippen LogP contribution in [0.4, 0.5) is 5.69 Å². The van der Waals surface area contributed by atoms with E-state index in [-0.39, 0.29) is 17.2 Å². The van der Waals surface area contributed by atoms with Gasteiger partial charge in [0.25, 0.3) is 5.56 Å². The van der Waals surface area contributed by atoms with Crippen LogP contribution in [0.5, 0.6) is 0 Å². The lowest BCUT2D eigenvalue weighted by atomic mass is 10.1. The third-order valence-corrected chi connectivity index (χ3v) is 8.07. The van der Waals surface area contributed by atoms with Crippen molar-refractivity contribution in [3.05, 3.63) is 81.0 Å². The van der Waals surface area contributed by atoms with Gasteiger partial charge in [-0.2, -0.15) is 0 Å². The molecule has 174 valence electrons. The topological polar surface area (TPSA) is 67.2 Å². The van der Waals surface area contributed by atoms with E-state index in [9.17, 15) is 9.59 Å². The molecule has 34 heavy (non-hydrogen) atoms. The fourth-order valence-electron chi connectivity index (χ4n) is 4.30. The molecular formula is C26H26N4O2S2. The fourth-order valence-corrected chi connectivity index (χ4v) is 6.41. The third-order valence-electron chi connectivity index (χ3n) is 6.02. The summed E-state index contributed by atoms with van der Waals surface area (Å²) < 4.78 is 1.66. The number of rotatable bonds is 6. The lowest BCUT2D eigenvalue weighted by Gasteiger charge is -2.25. The zero-order chi connectivity index (χ0) is 23.7. The molecule has 0 radical (unpaired) electrons. The van der Waals surface area contributed by atoms with Crippen molar-refractivity contribution < 1.29 is 4.79 Å². The summed E-state index contributed by atoms with van der Waals surface area (Å²) in [6.07, 6.45) is 0.861. The third kappa shape index (κ3) is 4.53. The van der Waals surface area contributed by atoms with E-state index >= 15 is 0 Å². The summed E-state index contributed by atoms with van der Waals surface area (Å²) in [6.45, 7) is 6.96. The number of hydrogen-bond acceptors (Lipinski definition) is 6. The second-order valence-electron chi connectivity index (χ2n) is 8.38. The Morgan fingerprint density at radius 3 is 2.76 bits per heavy atom. The molecule has 0 unspecified atom stereocenters. The van der Waals surface area contributed by atoms with Gasteiger partial charge in [0, 0.05) is 23.7 Å². The molecule has 1 N–H and O–H groups in total. The van der Waals surface area contributed by atoms with E-state index in [2.05, 4.69) is 17.1 Å². The maximum Gasteiger partial charge on any atom is 0.267 e. The van der Waals surface area contributed by atoms with Gasteiger partial charge in [-0.25, -0.2) is 4.98 Å². The van der Waals surface area contributed by atoms with Gasteiger partial charge in [-0.05, 0) is 55.3 Å². The molecule has 1 aliphatic rings. The number of aryl methyl sites for hydroxylation is 1. The highest BCUT2D eigenvalue weighted by atomic mass is 32.2. The molecule has 8 heteroatoms. The quantitative estimate of drug-likeness (QED) is 0.309. The molecule has 3 heterocycles. The van der Waals surface area contributed by atoms with Crippen LogP contribution in [0.15, 0.2) is 64.5 Å². The zero-order valence-electron chi connectivity index (χ0n) is 19.2. The van der Waals surface area contributed by atoms with Crippen LogP contribution >= 0.6 is 23.1 Å². The highest BCUT2D eigenvalue weighted by molar-refractivity contribution is 7.99. The molecule has 0 aliphatic carbocycles. The van der Waals surface area contributed by atoms with Crippen LogP contribution in [0.3, 0.4) is 0 Å². The van der Waals surface area contributed by atoms with Gasteiger partial charge >= 0.3 is 0 Å². The van der Waals surface area contributed by atoms with Gasteiger partial charge in [-0.3, -0.25) is 19.1 Å². The van der Waals surface area contributed by atoms with Crippen molar-refractivity contribution in [2.45, 2.75) is 32.0 Å². The predicted molar refractivity (Wildman–Crippen MR) is 140 cm³/mol. The molecule has 0 atom stereocenters. The maximum absolute atomic E-state index is 13.8. The number of likely N-dealkylation sites (N-methyl/N-ethyl adjacent to an activating group) is 1. The minimum Gasteiger partial charge on any atom is -0.325 e. The number of nitrogens with zero attached hydrogens (tertiary/aromatic N) is 3. The molecule has 5 rings (SSSR count). The Balaban J connectivity index is 1.51. The molecule has 2 aromatic carbocycles. The highest BCUT2D eigenvalue weighted by Gasteiger charge is 2.25. The van der Waals surface area contributed by atoms with Crippen molar-refractivity contribution in [3.63, 3.8) is 0 Å². The number of para-hydroxylation sites is 1. The van der Waals surface area contributed by atoms with Crippen LogP contribution in [-0.4, -0.2) is 39.2 Å². The van der Waals surface area contributed by atoms with Crippen LogP contribution in [0, 0.1) is 6.92 Å². The van der Waals surface area contributed by atoms with Gasteiger partial charge in [0.15, 0.2) is 5.16 Å². The number of amides is 1. The average Bonchev–Trinajstić information content (AvgIpc) is 3.21. The first-order valence-corrected chi connectivity index (χ1v) is 13.2. The van der Waals surface area contributed by atoms with Crippen molar-refractivity contribution in [1.82, 2.24) is 14.5 Å². The summed E-state index contributed by atoms with van der Waals surface area (Å²) in [4.78, 5) is 35.8. The molecule has 0 saturated heterocycles. The van der Waals surface area contributed by atoms with Gasteiger partial charge < -0.3 is 5.32 Å². The smallest absolute Gasteiger partial charge is 0.267 e. The van der Waals surface area contributed by atoms with E-state index in [1.807, 2.05) is 61.5 Å². The summed E-state index contributed by atoms with van der Waals surface area (Å²) in [6, 6.07) is 17.3. The fraction of sp³-hybridized carbons (Fsp3) is 0.269. The Bertz CT molecular complexity index is 1410. The molecule has 4 aromatic rings. The summed E-state index contributed by atoms with van der Waals surface area (Å²) >= 11 is 2.90. The lowest BCUT2D eigenvalue weighted by Crippen LogP contribution is -2.30. The second kappa shape index (κ2) is 9.74. The summed E-state index contributed by atoms with van der Waals surface area (Å²) in [5.74, 6) is 0.0292. The number of aromatic nitrogens is 2. The van der Waals surface area contributed by atoms with Crippen molar-refractivity contribution in [2.24, 2.45) is 0 Å². The highest BCUT2D eigenvalue weighted by Crippen LogP contribution is 2.34. The van der Waals surface area contributed by atoms with Gasteiger partial charge in [-0.15, -0.1) is 11.3 Å². The molecular weight excluding hydrogens is 464 g/mol. The summed E-state index contributed by atoms with van der Waals surface area (Å²) in [5, 5.41) is 4.20. The first-order chi connectivity index (χ1) is 16.5. The zero-order valence-corrected chi connectivity index (χ0v) is 20.8. The molecule has 1 amide bonds. The van der Waals surface area contributed by atoms with Crippen LogP contribution in [0.1, 0.15) is 22.9 Å². The molecule has 6 nitrogen and oxygen atoms in total. The molecule has 0 spiro atoms. The normalized spacial score (nSPS) is 13.7. The average molecular weight is 491 g/mol. The SMILES string of the molecule is CCN1CCc2c(sc3nc(SCC(=O)Nc4cccc(C)c4)n(-c4ccccc4)c(=O)c23)C1. The van der Waals surface area contributed by atoms with Gasteiger partial charge in [-0.1, -0.05) is 49.0 Å². The molecule has 2 aromatic heterocycles. The van der Waals surface area contributed by atoms with E-state index in [4.69, 9.17) is 4.98 Å². The number of hydrogen-bond donors (Lipinski definition) is 1. The summed E-state index contributed by atoms with van der Waals surface area (Å²) in [5.41, 5.74) is 3.69. The summed E-state index contributed by atoms with van der Waals surface area (Å²) in [7, 11) is 0. The van der Waals surface area contributed by atoms with E-state index in [0.717, 1.165) is 58.8 Å².